The minimum Gasteiger partial charge on any atom is -0.493 e. The molecule has 7 heteroatoms. The lowest BCUT2D eigenvalue weighted by molar-refractivity contribution is -0.141. The summed E-state index contributed by atoms with van der Waals surface area (Å²) >= 11 is 0. The molecule has 130 valence electrons. The molecule has 1 aliphatic rings. The van der Waals surface area contributed by atoms with Crippen LogP contribution in [0.5, 0.6) is 11.5 Å². The van der Waals surface area contributed by atoms with Crippen molar-refractivity contribution >= 4 is 5.97 Å². The van der Waals surface area contributed by atoms with Crippen molar-refractivity contribution in [2.24, 2.45) is 5.11 Å². The van der Waals surface area contributed by atoms with Crippen LogP contribution in [0.2, 0.25) is 0 Å². The molecule has 0 aromatic heterocycles. The molecule has 1 saturated carbocycles. The Kier molecular flexibility index (Phi) is 6.75. The van der Waals surface area contributed by atoms with Gasteiger partial charge in [0.2, 0.25) is 0 Å². The highest BCUT2D eigenvalue weighted by molar-refractivity contribution is 5.70. The van der Waals surface area contributed by atoms with Crippen LogP contribution in [-0.4, -0.2) is 32.8 Å². The molecule has 0 unspecified atom stereocenters. The van der Waals surface area contributed by atoms with E-state index in [1.807, 2.05) is 18.2 Å². The van der Waals surface area contributed by atoms with Crippen molar-refractivity contribution in [2.75, 3.05) is 20.8 Å². The van der Waals surface area contributed by atoms with Gasteiger partial charge < -0.3 is 14.2 Å². The lowest BCUT2D eigenvalue weighted by atomic mass is 9.95. The largest absolute Gasteiger partial charge is 0.493 e. The number of esters is 1. The summed E-state index contributed by atoms with van der Waals surface area (Å²) < 4.78 is 16.2. The Morgan fingerprint density at radius 3 is 2.71 bits per heavy atom. The molecule has 7 nitrogen and oxygen atoms in total. The first kappa shape index (κ1) is 17.9. The normalized spacial score (nSPS) is 15.4. The van der Waals surface area contributed by atoms with E-state index in [1.165, 1.54) is 20.0 Å². The highest BCUT2D eigenvalue weighted by Gasteiger charge is 2.21. The molecule has 0 bridgehead atoms. The van der Waals surface area contributed by atoms with Gasteiger partial charge >= 0.3 is 5.97 Å². The van der Waals surface area contributed by atoms with Crippen molar-refractivity contribution < 1.29 is 19.0 Å². The van der Waals surface area contributed by atoms with Crippen LogP contribution in [0.1, 0.15) is 43.6 Å². The summed E-state index contributed by atoms with van der Waals surface area (Å²) in [7, 11) is 2.94. The SMILES string of the molecule is COC(=O)C[C@@H](CN=[N+]=[N-])c1ccc(OC)c(OC2CCCC2)c1. The van der Waals surface area contributed by atoms with Crippen molar-refractivity contribution in [3.63, 3.8) is 0 Å². The smallest absolute Gasteiger partial charge is 0.306 e. The van der Waals surface area contributed by atoms with Gasteiger partial charge in [-0.25, -0.2) is 0 Å². The van der Waals surface area contributed by atoms with Gasteiger partial charge in [-0.3, -0.25) is 4.79 Å². The molecule has 1 aromatic carbocycles. The van der Waals surface area contributed by atoms with E-state index in [2.05, 4.69) is 10.0 Å². The average Bonchev–Trinajstić information content (AvgIpc) is 3.11. The standard InChI is InChI=1S/C17H23N3O4/c1-22-15-8-7-12(9-16(15)24-14-5-3-4-6-14)13(11-19-20-18)10-17(21)23-2/h7-9,13-14H,3-6,10-11H2,1-2H3/t13-/m0/s1. The number of carbonyl (C=O) groups excluding carboxylic acids is 1. The molecule has 0 aliphatic heterocycles. The fourth-order valence-corrected chi connectivity index (χ4v) is 2.93. The van der Waals surface area contributed by atoms with Gasteiger partial charge in [-0.15, -0.1) is 0 Å². The molecule has 0 radical (unpaired) electrons. The fourth-order valence-electron chi connectivity index (χ4n) is 2.93. The van der Waals surface area contributed by atoms with Gasteiger partial charge in [-0.05, 0) is 48.9 Å². The van der Waals surface area contributed by atoms with Crippen molar-refractivity contribution in [2.45, 2.75) is 44.1 Å². The van der Waals surface area contributed by atoms with Gasteiger partial charge in [0.25, 0.3) is 0 Å². The summed E-state index contributed by atoms with van der Waals surface area (Å²) in [6.45, 7) is 0.181. The van der Waals surface area contributed by atoms with E-state index in [-0.39, 0.29) is 31.0 Å². The molecule has 1 atom stereocenters. The lowest BCUT2D eigenvalue weighted by Crippen LogP contribution is -2.14. The van der Waals surface area contributed by atoms with Gasteiger partial charge in [0.1, 0.15) is 0 Å². The maximum Gasteiger partial charge on any atom is 0.306 e. The van der Waals surface area contributed by atoms with E-state index in [9.17, 15) is 4.79 Å². The van der Waals surface area contributed by atoms with Crippen molar-refractivity contribution in [1.82, 2.24) is 0 Å². The highest BCUT2D eigenvalue weighted by atomic mass is 16.5. The van der Waals surface area contributed by atoms with Crippen molar-refractivity contribution in [3.05, 3.63) is 34.2 Å². The van der Waals surface area contributed by atoms with Gasteiger partial charge in [-0.2, -0.15) is 0 Å². The number of hydrogen-bond donors (Lipinski definition) is 0. The Bertz CT molecular complexity index is 608. The molecule has 1 aromatic rings. The monoisotopic (exact) mass is 333 g/mol. The summed E-state index contributed by atoms with van der Waals surface area (Å²) in [4.78, 5) is 14.4. The number of rotatable bonds is 8. The van der Waals surface area contributed by atoms with Crippen LogP contribution >= 0.6 is 0 Å². The maximum absolute atomic E-state index is 11.6. The summed E-state index contributed by atoms with van der Waals surface area (Å²) in [5.41, 5.74) is 9.44. The van der Waals surface area contributed by atoms with Crippen LogP contribution in [0.25, 0.3) is 10.4 Å². The number of ether oxygens (including phenoxy) is 3. The zero-order chi connectivity index (χ0) is 17.4. The summed E-state index contributed by atoms with van der Waals surface area (Å²) in [5, 5.41) is 3.61. The van der Waals surface area contributed by atoms with E-state index < -0.39 is 0 Å². The van der Waals surface area contributed by atoms with Crippen molar-refractivity contribution in [3.8, 4) is 11.5 Å². The minimum atomic E-state index is -0.345. The second-order valence-corrected chi connectivity index (χ2v) is 5.83. The van der Waals surface area contributed by atoms with E-state index >= 15 is 0 Å². The Morgan fingerprint density at radius 2 is 2.08 bits per heavy atom. The zero-order valence-corrected chi connectivity index (χ0v) is 14.1. The fraction of sp³-hybridized carbons (Fsp3) is 0.588. The molecular formula is C17H23N3O4. The zero-order valence-electron chi connectivity index (χ0n) is 14.1. The summed E-state index contributed by atoms with van der Waals surface area (Å²) in [6.07, 6.45) is 4.77. The first-order valence-corrected chi connectivity index (χ1v) is 8.10. The number of nitrogens with zero attached hydrogens (tertiary/aromatic N) is 3. The Balaban J connectivity index is 2.24. The number of benzene rings is 1. The second kappa shape index (κ2) is 9.03. The van der Waals surface area contributed by atoms with E-state index in [4.69, 9.17) is 19.7 Å². The second-order valence-electron chi connectivity index (χ2n) is 5.83. The third-order valence-corrected chi connectivity index (χ3v) is 4.26. The maximum atomic E-state index is 11.6. The quantitative estimate of drug-likeness (QED) is 0.311. The Labute approximate surface area is 141 Å². The number of hydrogen-bond acceptors (Lipinski definition) is 5. The molecule has 0 heterocycles. The summed E-state index contributed by atoms with van der Waals surface area (Å²) in [5.74, 6) is 0.719. The van der Waals surface area contributed by atoms with Crippen LogP contribution in [0, 0.1) is 0 Å². The third kappa shape index (κ3) is 4.80. The minimum absolute atomic E-state index is 0.144. The number of carbonyl (C=O) groups is 1. The molecule has 0 amide bonds. The molecule has 1 aliphatic carbocycles. The van der Waals surface area contributed by atoms with Crippen molar-refractivity contribution in [1.29, 1.82) is 0 Å². The van der Waals surface area contributed by atoms with Crippen LogP contribution < -0.4 is 9.47 Å². The predicted molar refractivity (Wildman–Crippen MR) is 89.3 cm³/mol. The van der Waals surface area contributed by atoms with E-state index in [0.29, 0.717) is 11.5 Å². The molecule has 0 N–H and O–H groups in total. The van der Waals surface area contributed by atoms with Gasteiger partial charge in [0, 0.05) is 17.4 Å². The molecular weight excluding hydrogens is 310 g/mol. The molecule has 1 fully saturated rings. The molecule has 24 heavy (non-hydrogen) atoms. The average molecular weight is 333 g/mol. The lowest BCUT2D eigenvalue weighted by Gasteiger charge is -2.19. The molecule has 0 spiro atoms. The number of azide groups is 1. The van der Waals surface area contributed by atoms with Gasteiger partial charge in [0.05, 0.1) is 26.7 Å². The van der Waals surface area contributed by atoms with Gasteiger partial charge in [0.15, 0.2) is 11.5 Å². The molecule has 0 saturated heterocycles. The first-order chi connectivity index (χ1) is 11.7. The molecule has 2 rings (SSSR count). The Morgan fingerprint density at radius 1 is 1.33 bits per heavy atom. The first-order valence-electron chi connectivity index (χ1n) is 8.10. The Hall–Kier alpha value is -2.40. The van der Waals surface area contributed by atoms with E-state index in [1.54, 1.807) is 7.11 Å². The third-order valence-electron chi connectivity index (χ3n) is 4.26. The van der Waals surface area contributed by atoms with E-state index in [0.717, 1.165) is 18.4 Å². The number of methoxy groups -OCH3 is 2. The topological polar surface area (TPSA) is 93.5 Å². The predicted octanol–water partition coefficient (Wildman–Crippen LogP) is 3.97. The summed E-state index contributed by atoms with van der Waals surface area (Å²) in [6, 6.07) is 5.55. The highest BCUT2D eigenvalue weighted by Crippen LogP contribution is 2.35. The van der Waals surface area contributed by atoms with Crippen LogP contribution in [-0.2, 0) is 9.53 Å². The van der Waals surface area contributed by atoms with Gasteiger partial charge in [-0.1, -0.05) is 11.2 Å². The van der Waals surface area contributed by atoms with Crippen LogP contribution in [0.15, 0.2) is 23.3 Å². The van der Waals surface area contributed by atoms with Crippen LogP contribution in [0.3, 0.4) is 0 Å². The van der Waals surface area contributed by atoms with Crippen LogP contribution in [0.4, 0.5) is 0 Å².